The van der Waals surface area contributed by atoms with Crippen LogP contribution in [-0.4, -0.2) is 58.9 Å². The molecule has 0 unspecified atom stereocenters. The van der Waals surface area contributed by atoms with Gasteiger partial charge in [-0.05, 0) is 18.4 Å². The number of aromatic amines is 1. The molecule has 1 aromatic heterocycles. The second-order valence-corrected chi connectivity index (χ2v) is 6.64. The number of nitrogens with zero attached hydrogens (tertiary/aromatic N) is 2. The molecule has 2 saturated heterocycles. The fourth-order valence-corrected chi connectivity index (χ4v) is 3.23. The number of rotatable bonds is 4. The van der Waals surface area contributed by atoms with Crippen molar-refractivity contribution in [2.24, 2.45) is 5.92 Å². The third-order valence-electron chi connectivity index (χ3n) is 4.59. The molecule has 2 fully saturated rings. The Balaban J connectivity index is 1.56. The van der Waals surface area contributed by atoms with Crippen molar-refractivity contribution in [3.8, 4) is 0 Å². The highest BCUT2D eigenvalue weighted by molar-refractivity contribution is 5.92. The summed E-state index contributed by atoms with van der Waals surface area (Å²) in [4.78, 5) is 14.5. The van der Waals surface area contributed by atoms with Crippen LogP contribution >= 0.6 is 0 Å². The lowest BCUT2D eigenvalue weighted by Crippen LogP contribution is -2.48. The summed E-state index contributed by atoms with van der Waals surface area (Å²) >= 11 is 0. The summed E-state index contributed by atoms with van der Waals surface area (Å²) in [5.74, 6) is 0.0424. The number of amides is 1. The SMILES string of the molecule is CC(C)[C@H]1CN2C[C@@H](NC(=O)c3cc(C(F)F)[nH]n3)C[C@H]2CO1. The summed E-state index contributed by atoms with van der Waals surface area (Å²) in [6.45, 7) is 6.58. The number of ether oxygens (including phenoxy) is 1. The number of alkyl halides is 2. The van der Waals surface area contributed by atoms with Crippen molar-refractivity contribution in [2.45, 2.75) is 44.9 Å². The molecule has 1 amide bonds. The zero-order valence-electron chi connectivity index (χ0n) is 13.3. The Morgan fingerprint density at radius 1 is 1.48 bits per heavy atom. The summed E-state index contributed by atoms with van der Waals surface area (Å²) < 4.78 is 30.9. The number of morpholine rings is 1. The maximum absolute atomic E-state index is 12.5. The van der Waals surface area contributed by atoms with E-state index in [1.165, 1.54) is 0 Å². The molecule has 0 spiro atoms. The van der Waals surface area contributed by atoms with Gasteiger partial charge in [-0.3, -0.25) is 14.8 Å². The predicted molar refractivity (Wildman–Crippen MR) is 79.4 cm³/mol. The van der Waals surface area contributed by atoms with E-state index in [4.69, 9.17) is 4.74 Å². The van der Waals surface area contributed by atoms with Crippen LogP contribution in [0.5, 0.6) is 0 Å². The summed E-state index contributed by atoms with van der Waals surface area (Å²) in [5, 5.41) is 8.72. The van der Waals surface area contributed by atoms with E-state index in [9.17, 15) is 13.6 Å². The van der Waals surface area contributed by atoms with Gasteiger partial charge in [-0.15, -0.1) is 0 Å². The van der Waals surface area contributed by atoms with Gasteiger partial charge in [0.15, 0.2) is 0 Å². The molecule has 2 aliphatic rings. The second-order valence-electron chi connectivity index (χ2n) is 6.64. The molecule has 0 aromatic carbocycles. The van der Waals surface area contributed by atoms with Crippen molar-refractivity contribution < 1.29 is 18.3 Å². The first kappa shape index (κ1) is 16.3. The van der Waals surface area contributed by atoms with Gasteiger partial charge in [0, 0.05) is 25.2 Å². The Kier molecular flexibility index (Phi) is 4.63. The Labute approximate surface area is 133 Å². The van der Waals surface area contributed by atoms with Gasteiger partial charge in [0.05, 0.1) is 12.7 Å². The average Bonchev–Trinajstić information content (AvgIpc) is 3.12. The largest absolute Gasteiger partial charge is 0.375 e. The van der Waals surface area contributed by atoms with Crippen LogP contribution in [0.15, 0.2) is 6.07 Å². The van der Waals surface area contributed by atoms with Crippen LogP contribution < -0.4 is 5.32 Å². The van der Waals surface area contributed by atoms with Gasteiger partial charge in [-0.25, -0.2) is 8.78 Å². The molecular weight excluding hydrogens is 306 g/mol. The number of halogens is 2. The van der Waals surface area contributed by atoms with Crippen LogP contribution in [0.4, 0.5) is 8.78 Å². The third kappa shape index (κ3) is 3.53. The topological polar surface area (TPSA) is 70.2 Å². The van der Waals surface area contributed by atoms with Gasteiger partial charge >= 0.3 is 0 Å². The Morgan fingerprint density at radius 3 is 2.91 bits per heavy atom. The van der Waals surface area contributed by atoms with E-state index in [1.807, 2.05) is 0 Å². The zero-order valence-corrected chi connectivity index (χ0v) is 13.3. The molecule has 3 heterocycles. The summed E-state index contributed by atoms with van der Waals surface area (Å²) in [5.41, 5.74) is -0.339. The number of H-pyrrole nitrogens is 1. The lowest BCUT2D eigenvalue weighted by Gasteiger charge is -2.36. The molecule has 3 rings (SSSR count). The quantitative estimate of drug-likeness (QED) is 0.880. The fraction of sp³-hybridized carbons (Fsp3) is 0.733. The molecule has 23 heavy (non-hydrogen) atoms. The number of hydrogen-bond acceptors (Lipinski definition) is 4. The number of nitrogens with one attached hydrogen (secondary N) is 2. The number of hydrogen-bond donors (Lipinski definition) is 2. The maximum Gasteiger partial charge on any atom is 0.279 e. The van der Waals surface area contributed by atoms with Crippen molar-refractivity contribution in [3.63, 3.8) is 0 Å². The minimum absolute atomic E-state index is 0.00137. The molecule has 6 nitrogen and oxygen atoms in total. The van der Waals surface area contributed by atoms with E-state index in [0.29, 0.717) is 18.6 Å². The number of carbonyl (C=O) groups excluding carboxylic acids is 1. The van der Waals surface area contributed by atoms with Crippen LogP contribution in [0.3, 0.4) is 0 Å². The van der Waals surface area contributed by atoms with Crippen molar-refractivity contribution >= 4 is 5.91 Å². The van der Waals surface area contributed by atoms with Crippen LogP contribution in [0.2, 0.25) is 0 Å². The van der Waals surface area contributed by atoms with E-state index >= 15 is 0 Å². The lowest BCUT2D eigenvalue weighted by molar-refractivity contribution is -0.0683. The third-order valence-corrected chi connectivity index (χ3v) is 4.59. The smallest absolute Gasteiger partial charge is 0.279 e. The van der Waals surface area contributed by atoms with Crippen molar-refractivity contribution in [1.29, 1.82) is 0 Å². The molecule has 3 atom stereocenters. The highest BCUT2D eigenvalue weighted by Crippen LogP contribution is 2.26. The summed E-state index contributed by atoms with van der Waals surface area (Å²) in [6, 6.07) is 1.40. The van der Waals surface area contributed by atoms with Gasteiger partial charge in [-0.2, -0.15) is 5.10 Å². The first-order valence-corrected chi connectivity index (χ1v) is 7.94. The van der Waals surface area contributed by atoms with Gasteiger partial charge < -0.3 is 10.1 Å². The van der Waals surface area contributed by atoms with E-state index in [1.54, 1.807) is 0 Å². The van der Waals surface area contributed by atoms with Crippen molar-refractivity contribution in [3.05, 3.63) is 17.5 Å². The van der Waals surface area contributed by atoms with Crippen molar-refractivity contribution in [1.82, 2.24) is 20.4 Å². The van der Waals surface area contributed by atoms with Crippen LogP contribution in [0.1, 0.15) is 42.9 Å². The molecule has 0 aliphatic carbocycles. The fourth-order valence-electron chi connectivity index (χ4n) is 3.23. The highest BCUT2D eigenvalue weighted by atomic mass is 19.3. The average molecular weight is 328 g/mol. The molecule has 128 valence electrons. The van der Waals surface area contributed by atoms with Gasteiger partial charge in [0.2, 0.25) is 0 Å². The molecule has 8 heteroatoms. The second kappa shape index (κ2) is 6.52. The number of aromatic nitrogens is 2. The molecule has 0 saturated carbocycles. The molecule has 0 radical (unpaired) electrons. The monoisotopic (exact) mass is 328 g/mol. The Morgan fingerprint density at radius 2 is 2.26 bits per heavy atom. The van der Waals surface area contributed by atoms with Crippen LogP contribution in [-0.2, 0) is 4.74 Å². The predicted octanol–water partition coefficient (Wildman–Crippen LogP) is 1.57. The maximum atomic E-state index is 12.5. The number of carbonyl (C=O) groups is 1. The summed E-state index contributed by atoms with van der Waals surface area (Å²) in [7, 11) is 0. The van der Waals surface area contributed by atoms with E-state index in [2.05, 4.69) is 34.3 Å². The first-order valence-electron chi connectivity index (χ1n) is 7.94. The lowest BCUT2D eigenvalue weighted by atomic mass is 10.0. The number of fused-ring (bicyclic) bond motifs is 1. The first-order chi connectivity index (χ1) is 10.9. The molecule has 2 N–H and O–H groups in total. The minimum Gasteiger partial charge on any atom is -0.375 e. The molecule has 2 aliphatic heterocycles. The molecule has 1 aromatic rings. The van der Waals surface area contributed by atoms with Gasteiger partial charge in [0.1, 0.15) is 11.4 Å². The summed E-state index contributed by atoms with van der Waals surface area (Å²) in [6.07, 6.45) is -1.63. The van der Waals surface area contributed by atoms with Crippen LogP contribution in [0.25, 0.3) is 0 Å². The Hall–Kier alpha value is -1.54. The normalized spacial score (nSPS) is 28.3. The van der Waals surface area contributed by atoms with Crippen molar-refractivity contribution in [2.75, 3.05) is 19.7 Å². The van der Waals surface area contributed by atoms with E-state index in [0.717, 1.165) is 25.6 Å². The van der Waals surface area contributed by atoms with E-state index < -0.39 is 12.3 Å². The highest BCUT2D eigenvalue weighted by Gasteiger charge is 2.38. The molecular formula is C15H22F2N4O2. The molecule has 0 bridgehead atoms. The van der Waals surface area contributed by atoms with E-state index in [-0.39, 0.29) is 23.5 Å². The zero-order chi connectivity index (χ0) is 16.6. The van der Waals surface area contributed by atoms with Gasteiger partial charge in [-0.1, -0.05) is 13.8 Å². The Bertz CT molecular complexity index is 563. The standard InChI is InChI=1S/C15H22F2N4O2/c1-8(2)13-6-21-5-9(3-10(21)7-23-13)18-15(22)12-4-11(14(16)17)19-20-12/h4,8-10,13-14H,3,5-7H2,1-2H3,(H,18,22)(H,19,20)/t9-,10-,13+/m0/s1. The minimum atomic E-state index is -2.66. The van der Waals surface area contributed by atoms with Gasteiger partial charge in [0.25, 0.3) is 12.3 Å². The van der Waals surface area contributed by atoms with Crippen LogP contribution in [0, 0.1) is 5.92 Å².